The molecular weight excluding hydrogens is 248 g/mol. The van der Waals surface area contributed by atoms with Crippen LogP contribution in [0.1, 0.15) is 11.1 Å². The molecule has 0 aliphatic heterocycles. The molecule has 0 atom stereocenters. The van der Waals surface area contributed by atoms with Crippen LogP contribution in [0.2, 0.25) is 0 Å². The summed E-state index contributed by atoms with van der Waals surface area (Å²) < 4.78 is 5.44. The van der Waals surface area contributed by atoms with Gasteiger partial charge in [0, 0.05) is 27.2 Å². The van der Waals surface area contributed by atoms with Gasteiger partial charge in [-0.25, -0.2) is 0 Å². The van der Waals surface area contributed by atoms with E-state index in [0.717, 1.165) is 24.5 Å². The average Bonchev–Trinajstić information content (AvgIpc) is 2.48. The van der Waals surface area contributed by atoms with Gasteiger partial charge in [0.05, 0.1) is 12.8 Å². The van der Waals surface area contributed by atoms with Crippen molar-refractivity contribution in [2.45, 2.75) is 13.1 Å². The van der Waals surface area contributed by atoms with Gasteiger partial charge in [-0.1, -0.05) is 36.4 Å². The lowest BCUT2D eigenvalue weighted by Crippen LogP contribution is -2.14. The van der Waals surface area contributed by atoms with Crippen LogP contribution in [-0.4, -0.2) is 21.2 Å². The van der Waals surface area contributed by atoms with Crippen molar-refractivity contribution < 1.29 is 4.74 Å². The van der Waals surface area contributed by atoms with E-state index in [1.165, 1.54) is 11.1 Å². The summed E-state index contributed by atoms with van der Waals surface area (Å²) in [6.07, 6.45) is 0. The fourth-order valence-corrected chi connectivity index (χ4v) is 2.15. The summed E-state index contributed by atoms with van der Waals surface area (Å²) in [5, 5.41) is 3.45. The first kappa shape index (κ1) is 14.4. The minimum atomic E-state index is 0.832. The van der Waals surface area contributed by atoms with Crippen molar-refractivity contribution in [3.8, 4) is 5.75 Å². The Morgan fingerprint density at radius 2 is 1.65 bits per heavy atom. The van der Waals surface area contributed by atoms with E-state index in [4.69, 9.17) is 4.74 Å². The summed E-state index contributed by atoms with van der Waals surface area (Å²) in [7, 11) is 5.75. The molecule has 0 aliphatic rings. The molecule has 0 amide bonds. The van der Waals surface area contributed by atoms with E-state index in [-0.39, 0.29) is 0 Å². The Kier molecular flexibility index (Phi) is 5.02. The van der Waals surface area contributed by atoms with Gasteiger partial charge < -0.3 is 15.0 Å². The summed E-state index contributed by atoms with van der Waals surface area (Å²) >= 11 is 0. The lowest BCUT2D eigenvalue weighted by molar-refractivity contribution is 0.414. The van der Waals surface area contributed by atoms with Crippen LogP contribution in [0.15, 0.2) is 48.5 Å². The van der Waals surface area contributed by atoms with Crippen LogP contribution in [0.3, 0.4) is 0 Å². The van der Waals surface area contributed by atoms with Crippen LogP contribution in [0, 0.1) is 0 Å². The molecule has 1 N–H and O–H groups in total. The standard InChI is InChI=1S/C17H22N2O/c1-19(2)16-10-9-15(11-17(16)20-3)13-18-12-14-7-5-4-6-8-14/h4-11,18H,12-13H2,1-3H3. The normalized spacial score (nSPS) is 10.3. The molecule has 3 heteroatoms. The molecule has 0 heterocycles. The molecule has 0 unspecified atom stereocenters. The number of hydrogen-bond donors (Lipinski definition) is 1. The van der Waals surface area contributed by atoms with Gasteiger partial charge in [-0.15, -0.1) is 0 Å². The van der Waals surface area contributed by atoms with Crippen molar-refractivity contribution in [1.29, 1.82) is 0 Å². The average molecular weight is 270 g/mol. The van der Waals surface area contributed by atoms with E-state index < -0.39 is 0 Å². The number of nitrogens with zero attached hydrogens (tertiary/aromatic N) is 1. The minimum absolute atomic E-state index is 0.832. The van der Waals surface area contributed by atoms with Gasteiger partial charge in [-0.2, -0.15) is 0 Å². The fraction of sp³-hybridized carbons (Fsp3) is 0.294. The Morgan fingerprint density at radius 1 is 0.950 bits per heavy atom. The van der Waals surface area contributed by atoms with Gasteiger partial charge in [-0.3, -0.25) is 0 Å². The van der Waals surface area contributed by atoms with Crippen molar-refractivity contribution in [2.75, 3.05) is 26.1 Å². The SMILES string of the molecule is COc1cc(CNCc2ccccc2)ccc1N(C)C. The lowest BCUT2D eigenvalue weighted by atomic mass is 10.1. The molecular formula is C17H22N2O. The summed E-state index contributed by atoms with van der Waals surface area (Å²) in [6.45, 7) is 1.71. The highest BCUT2D eigenvalue weighted by Crippen LogP contribution is 2.27. The van der Waals surface area contributed by atoms with Crippen molar-refractivity contribution in [2.24, 2.45) is 0 Å². The van der Waals surface area contributed by atoms with Crippen LogP contribution in [0.5, 0.6) is 5.75 Å². The number of ether oxygens (including phenoxy) is 1. The van der Waals surface area contributed by atoms with Crippen LogP contribution < -0.4 is 15.0 Å². The van der Waals surface area contributed by atoms with Crippen molar-refractivity contribution in [1.82, 2.24) is 5.32 Å². The maximum absolute atomic E-state index is 5.44. The Balaban J connectivity index is 1.96. The molecule has 0 saturated heterocycles. The van der Waals surface area contributed by atoms with E-state index in [2.05, 4.69) is 52.7 Å². The molecule has 0 spiro atoms. The van der Waals surface area contributed by atoms with Gasteiger partial charge in [0.1, 0.15) is 5.75 Å². The number of benzene rings is 2. The number of nitrogens with one attached hydrogen (secondary N) is 1. The molecule has 0 aliphatic carbocycles. The van der Waals surface area contributed by atoms with E-state index in [9.17, 15) is 0 Å². The molecule has 2 aromatic carbocycles. The third-order valence-corrected chi connectivity index (χ3v) is 3.23. The highest BCUT2D eigenvalue weighted by molar-refractivity contribution is 5.58. The highest BCUT2D eigenvalue weighted by Gasteiger charge is 2.05. The maximum Gasteiger partial charge on any atom is 0.142 e. The molecule has 0 bridgehead atoms. The number of rotatable bonds is 6. The zero-order valence-corrected chi connectivity index (χ0v) is 12.4. The molecule has 20 heavy (non-hydrogen) atoms. The van der Waals surface area contributed by atoms with Crippen molar-refractivity contribution >= 4 is 5.69 Å². The number of anilines is 1. The zero-order chi connectivity index (χ0) is 14.4. The first-order valence-electron chi connectivity index (χ1n) is 6.79. The Labute approximate surface area is 121 Å². The van der Waals surface area contributed by atoms with E-state index in [1.54, 1.807) is 7.11 Å². The smallest absolute Gasteiger partial charge is 0.142 e. The van der Waals surface area contributed by atoms with Gasteiger partial charge in [0.15, 0.2) is 0 Å². The van der Waals surface area contributed by atoms with Gasteiger partial charge in [-0.05, 0) is 23.3 Å². The van der Waals surface area contributed by atoms with Crippen molar-refractivity contribution in [3.05, 3.63) is 59.7 Å². The van der Waals surface area contributed by atoms with Crippen LogP contribution in [0.25, 0.3) is 0 Å². The number of hydrogen-bond acceptors (Lipinski definition) is 3. The topological polar surface area (TPSA) is 24.5 Å². The Hall–Kier alpha value is -2.00. The molecule has 3 nitrogen and oxygen atoms in total. The summed E-state index contributed by atoms with van der Waals surface area (Å²) in [5.41, 5.74) is 3.62. The third-order valence-electron chi connectivity index (χ3n) is 3.23. The Morgan fingerprint density at radius 3 is 2.30 bits per heavy atom. The second kappa shape index (κ2) is 6.96. The molecule has 0 saturated carbocycles. The Bertz CT molecular complexity index is 538. The minimum Gasteiger partial charge on any atom is -0.495 e. The van der Waals surface area contributed by atoms with Crippen LogP contribution in [-0.2, 0) is 13.1 Å². The van der Waals surface area contributed by atoms with Crippen LogP contribution in [0.4, 0.5) is 5.69 Å². The quantitative estimate of drug-likeness (QED) is 0.873. The molecule has 106 valence electrons. The molecule has 0 aromatic heterocycles. The molecule has 0 radical (unpaired) electrons. The van der Waals surface area contributed by atoms with Gasteiger partial charge in [0.25, 0.3) is 0 Å². The van der Waals surface area contributed by atoms with E-state index in [1.807, 2.05) is 20.2 Å². The van der Waals surface area contributed by atoms with E-state index >= 15 is 0 Å². The lowest BCUT2D eigenvalue weighted by Gasteiger charge is -2.17. The second-order valence-electron chi connectivity index (χ2n) is 4.99. The highest BCUT2D eigenvalue weighted by atomic mass is 16.5. The predicted molar refractivity (Wildman–Crippen MR) is 84.3 cm³/mol. The van der Waals surface area contributed by atoms with E-state index in [0.29, 0.717) is 0 Å². The van der Waals surface area contributed by atoms with Gasteiger partial charge >= 0.3 is 0 Å². The first-order valence-corrected chi connectivity index (χ1v) is 6.79. The summed E-state index contributed by atoms with van der Waals surface area (Å²) in [4.78, 5) is 2.06. The predicted octanol–water partition coefficient (Wildman–Crippen LogP) is 3.05. The fourth-order valence-electron chi connectivity index (χ4n) is 2.15. The third kappa shape index (κ3) is 3.75. The first-order chi connectivity index (χ1) is 9.70. The molecule has 0 fully saturated rings. The van der Waals surface area contributed by atoms with Crippen molar-refractivity contribution in [3.63, 3.8) is 0 Å². The number of methoxy groups -OCH3 is 1. The molecule has 2 rings (SSSR count). The summed E-state index contributed by atoms with van der Waals surface area (Å²) in [6, 6.07) is 16.7. The summed E-state index contributed by atoms with van der Waals surface area (Å²) in [5.74, 6) is 0.911. The maximum atomic E-state index is 5.44. The monoisotopic (exact) mass is 270 g/mol. The van der Waals surface area contributed by atoms with Crippen LogP contribution >= 0.6 is 0 Å². The second-order valence-corrected chi connectivity index (χ2v) is 4.99. The molecule has 2 aromatic rings. The van der Waals surface area contributed by atoms with Gasteiger partial charge in [0.2, 0.25) is 0 Å². The largest absolute Gasteiger partial charge is 0.495 e. The zero-order valence-electron chi connectivity index (χ0n) is 12.4.